The fraction of sp³-hybridized carbons (Fsp3) is 0.200. The van der Waals surface area contributed by atoms with Crippen LogP contribution in [0.1, 0.15) is 12.5 Å². The summed E-state index contributed by atoms with van der Waals surface area (Å²) in [6, 6.07) is 13.9. The molecule has 0 amide bonds. The van der Waals surface area contributed by atoms with Gasteiger partial charge in [0, 0.05) is 0 Å². The Morgan fingerprint density at radius 1 is 1.05 bits per heavy atom. The Morgan fingerprint density at radius 3 is 2.40 bits per heavy atom. The van der Waals surface area contributed by atoms with E-state index in [-0.39, 0.29) is 4.90 Å². The molecule has 20 heavy (non-hydrogen) atoms. The summed E-state index contributed by atoms with van der Waals surface area (Å²) in [5.74, 6) is 0.328. The Balaban J connectivity index is 2.41. The minimum Gasteiger partial charge on any atom is -0.495 e. The lowest BCUT2D eigenvalue weighted by atomic mass is 10.1. The molecule has 1 N–H and O–H groups in total. The van der Waals surface area contributed by atoms with Gasteiger partial charge in [-0.1, -0.05) is 37.3 Å². The van der Waals surface area contributed by atoms with Crippen LogP contribution in [0.4, 0.5) is 5.69 Å². The molecular formula is C15H17NO3S. The third kappa shape index (κ3) is 2.93. The number of hydrogen-bond acceptors (Lipinski definition) is 3. The average Bonchev–Trinajstić information content (AvgIpc) is 2.47. The molecule has 0 unspecified atom stereocenters. The van der Waals surface area contributed by atoms with Crippen molar-refractivity contribution in [1.29, 1.82) is 0 Å². The van der Waals surface area contributed by atoms with E-state index >= 15 is 0 Å². The van der Waals surface area contributed by atoms with Crippen LogP contribution in [0.5, 0.6) is 5.75 Å². The van der Waals surface area contributed by atoms with Gasteiger partial charge in [-0.15, -0.1) is 0 Å². The molecule has 0 aromatic heterocycles. The summed E-state index contributed by atoms with van der Waals surface area (Å²) >= 11 is 0. The van der Waals surface area contributed by atoms with Crippen molar-refractivity contribution in [3.63, 3.8) is 0 Å². The molecule has 0 radical (unpaired) electrons. The van der Waals surface area contributed by atoms with E-state index in [2.05, 4.69) is 4.72 Å². The van der Waals surface area contributed by atoms with Crippen LogP contribution in [0.3, 0.4) is 0 Å². The normalized spacial score (nSPS) is 11.1. The SMILES string of the molecule is CCc1ccccc1NS(=O)(=O)c1ccccc1OC. The quantitative estimate of drug-likeness (QED) is 0.921. The van der Waals surface area contributed by atoms with Crippen molar-refractivity contribution in [2.75, 3.05) is 11.8 Å². The smallest absolute Gasteiger partial charge is 0.265 e. The maximum Gasteiger partial charge on any atom is 0.265 e. The number of para-hydroxylation sites is 2. The molecule has 0 fully saturated rings. The second kappa shape index (κ2) is 5.96. The van der Waals surface area contributed by atoms with Gasteiger partial charge in [0.2, 0.25) is 0 Å². The topological polar surface area (TPSA) is 55.4 Å². The lowest BCUT2D eigenvalue weighted by Gasteiger charge is -2.13. The zero-order valence-electron chi connectivity index (χ0n) is 11.5. The second-order valence-corrected chi connectivity index (χ2v) is 5.92. The van der Waals surface area contributed by atoms with Crippen molar-refractivity contribution in [2.45, 2.75) is 18.2 Å². The first kappa shape index (κ1) is 14.4. The largest absolute Gasteiger partial charge is 0.495 e. The number of aryl methyl sites for hydroxylation is 1. The number of ether oxygens (including phenoxy) is 1. The summed E-state index contributed by atoms with van der Waals surface area (Å²) < 4.78 is 32.6. The molecule has 0 saturated carbocycles. The van der Waals surface area contributed by atoms with Crippen molar-refractivity contribution in [3.05, 3.63) is 54.1 Å². The predicted octanol–water partition coefficient (Wildman–Crippen LogP) is 3.06. The van der Waals surface area contributed by atoms with Crippen LogP contribution in [0.25, 0.3) is 0 Å². The summed E-state index contributed by atoms with van der Waals surface area (Å²) in [4.78, 5) is 0.133. The van der Waals surface area contributed by atoms with E-state index in [1.165, 1.54) is 13.2 Å². The summed E-state index contributed by atoms with van der Waals surface area (Å²) in [6.45, 7) is 1.98. The first-order valence-electron chi connectivity index (χ1n) is 6.32. The Morgan fingerprint density at radius 2 is 1.70 bits per heavy atom. The number of benzene rings is 2. The number of anilines is 1. The number of methoxy groups -OCH3 is 1. The fourth-order valence-corrected chi connectivity index (χ4v) is 3.24. The van der Waals surface area contributed by atoms with E-state index in [1.807, 2.05) is 19.1 Å². The van der Waals surface area contributed by atoms with Gasteiger partial charge in [0.15, 0.2) is 0 Å². The van der Waals surface area contributed by atoms with E-state index in [1.54, 1.807) is 30.3 Å². The first-order valence-corrected chi connectivity index (χ1v) is 7.80. The second-order valence-electron chi connectivity index (χ2n) is 4.27. The van der Waals surface area contributed by atoms with Crippen LogP contribution < -0.4 is 9.46 Å². The van der Waals surface area contributed by atoms with Crippen molar-refractivity contribution in [1.82, 2.24) is 0 Å². The highest BCUT2D eigenvalue weighted by Crippen LogP contribution is 2.26. The zero-order chi connectivity index (χ0) is 14.6. The maximum absolute atomic E-state index is 12.5. The molecule has 106 valence electrons. The van der Waals surface area contributed by atoms with E-state index in [9.17, 15) is 8.42 Å². The molecule has 0 spiro atoms. The van der Waals surface area contributed by atoms with Gasteiger partial charge in [-0.25, -0.2) is 8.42 Å². The molecule has 4 nitrogen and oxygen atoms in total. The van der Waals surface area contributed by atoms with Gasteiger partial charge >= 0.3 is 0 Å². The van der Waals surface area contributed by atoms with Crippen molar-refractivity contribution >= 4 is 15.7 Å². The third-order valence-corrected chi connectivity index (χ3v) is 4.41. The monoisotopic (exact) mass is 291 g/mol. The van der Waals surface area contributed by atoms with Gasteiger partial charge in [0.1, 0.15) is 10.6 Å². The minimum absolute atomic E-state index is 0.133. The molecule has 0 bridgehead atoms. The molecule has 0 saturated heterocycles. The van der Waals surface area contributed by atoms with Gasteiger partial charge in [-0.2, -0.15) is 0 Å². The fourth-order valence-electron chi connectivity index (χ4n) is 1.97. The number of sulfonamides is 1. The summed E-state index contributed by atoms with van der Waals surface area (Å²) in [5.41, 5.74) is 1.55. The van der Waals surface area contributed by atoms with Crippen LogP contribution >= 0.6 is 0 Å². The molecule has 0 aliphatic heterocycles. The van der Waals surface area contributed by atoms with Gasteiger partial charge in [-0.3, -0.25) is 4.72 Å². The van der Waals surface area contributed by atoms with Crippen molar-refractivity contribution in [3.8, 4) is 5.75 Å². The van der Waals surface area contributed by atoms with Crippen LogP contribution in [-0.4, -0.2) is 15.5 Å². The summed E-state index contributed by atoms with van der Waals surface area (Å²) in [7, 11) is -2.21. The lowest BCUT2D eigenvalue weighted by Crippen LogP contribution is -2.15. The highest BCUT2D eigenvalue weighted by atomic mass is 32.2. The van der Waals surface area contributed by atoms with E-state index < -0.39 is 10.0 Å². The van der Waals surface area contributed by atoms with Gasteiger partial charge in [-0.05, 0) is 30.2 Å². The lowest BCUT2D eigenvalue weighted by molar-refractivity contribution is 0.403. The zero-order valence-corrected chi connectivity index (χ0v) is 12.3. The molecule has 5 heteroatoms. The van der Waals surface area contributed by atoms with Crippen molar-refractivity contribution in [2.24, 2.45) is 0 Å². The van der Waals surface area contributed by atoms with Crippen LogP contribution in [0, 0.1) is 0 Å². The van der Waals surface area contributed by atoms with E-state index in [0.717, 1.165) is 12.0 Å². The minimum atomic E-state index is -3.66. The predicted molar refractivity (Wildman–Crippen MR) is 79.6 cm³/mol. The molecule has 2 rings (SSSR count). The molecule has 0 aliphatic carbocycles. The third-order valence-electron chi connectivity index (χ3n) is 3.00. The molecule has 0 atom stereocenters. The summed E-state index contributed by atoms with van der Waals surface area (Å²) in [5, 5.41) is 0. The number of rotatable bonds is 5. The Bertz CT molecular complexity index is 696. The van der Waals surface area contributed by atoms with Gasteiger partial charge < -0.3 is 4.74 Å². The standard InChI is InChI=1S/C15H17NO3S/c1-3-12-8-4-5-9-13(12)16-20(17,18)15-11-7-6-10-14(15)19-2/h4-11,16H,3H2,1-2H3. The molecule has 2 aromatic rings. The van der Waals surface area contributed by atoms with E-state index in [0.29, 0.717) is 11.4 Å². The van der Waals surface area contributed by atoms with Gasteiger partial charge in [0.05, 0.1) is 12.8 Å². The van der Waals surface area contributed by atoms with Gasteiger partial charge in [0.25, 0.3) is 10.0 Å². The number of nitrogens with one attached hydrogen (secondary N) is 1. The highest BCUT2D eigenvalue weighted by molar-refractivity contribution is 7.92. The Labute approximate surface area is 119 Å². The van der Waals surface area contributed by atoms with E-state index in [4.69, 9.17) is 4.74 Å². The van der Waals surface area contributed by atoms with Crippen LogP contribution in [0.2, 0.25) is 0 Å². The Hall–Kier alpha value is -2.01. The average molecular weight is 291 g/mol. The molecule has 0 heterocycles. The summed E-state index contributed by atoms with van der Waals surface area (Å²) in [6.07, 6.45) is 0.755. The van der Waals surface area contributed by atoms with Crippen molar-refractivity contribution < 1.29 is 13.2 Å². The van der Waals surface area contributed by atoms with Crippen LogP contribution in [-0.2, 0) is 16.4 Å². The maximum atomic E-state index is 12.5. The molecule has 2 aromatic carbocycles. The molecular weight excluding hydrogens is 274 g/mol. The highest BCUT2D eigenvalue weighted by Gasteiger charge is 2.19. The Kier molecular flexibility index (Phi) is 4.29. The molecule has 0 aliphatic rings. The van der Waals surface area contributed by atoms with Crippen LogP contribution in [0.15, 0.2) is 53.4 Å². The first-order chi connectivity index (χ1) is 9.58. The number of hydrogen-bond donors (Lipinski definition) is 1.